The molecule has 0 heterocycles. The van der Waals surface area contributed by atoms with Crippen molar-refractivity contribution in [3.05, 3.63) is 51.0 Å². The lowest BCUT2D eigenvalue weighted by Gasteiger charge is -2.13. The summed E-state index contributed by atoms with van der Waals surface area (Å²) in [6.07, 6.45) is 0. The molecule has 0 saturated heterocycles. The number of para-hydroxylation sites is 1. The number of halogens is 2. The number of nitrogens with one attached hydrogen (secondary N) is 1. The van der Waals surface area contributed by atoms with Crippen LogP contribution >= 0.6 is 27.5 Å². The van der Waals surface area contributed by atoms with Crippen LogP contribution in [0.15, 0.2) is 34.8 Å². The van der Waals surface area contributed by atoms with Crippen molar-refractivity contribution in [1.82, 2.24) is 0 Å². The predicted molar refractivity (Wildman–Crippen MR) is 91.4 cm³/mol. The summed E-state index contributed by atoms with van der Waals surface area (Å²) in [5.74, 6) is 0.726. The van der Waals surface area contributed by atoms with Gasteiger partial charge in [-0.1, -0.05) is 23.7 Å². The highest BCUT2D eigenvalue weighted by Crippen LogP contribution is 2.36. The molecule has 0 spiro atoms. The molecule has 0 radical (unpaired) electrons. The van der Waals surface area contributed by atoms with Gasteiger partial charge in [0, 0.05) is 5.56 Å². The van der Waals surface area contributed by atoms with Crippen molar-refractivity contribution in [2.45, 2.75) is 6.92 Å². The summed E-state index contributed by atoms with van der Waals surface area (Å²) in [7, 11) is 3.06. The molecule has 2 aromatic rings. The number of amides is 1. The van der Waals surface area contributed by atoms with Crippen LogP contribution in [0.1, 0.15) is 15.9 Å². The molecule has 0 fully saturated rings. The third kappa shape index (κ3) is 3.36. The lowest BCUT2D eigenvalue weighted by molar-refractivity contribution is 0.102. The van der Waals surface area contributed by atoms with Crippen molar-refractivity contribution in [3.63, 3.8) is 0 Å². The molecular weight excluding hydrogens is 370 g/mol. The Bertz CT molecular complexity index is 699. The van der Waals surface area contributed by atoms with Gasteiger partial charge in [-0.2, -0.15) is 0 Å². The van der Waals surface area contributed by atoms with E-state index in [9.17, 15) is 4.79 Å². The van der Waals surface area contributed by atoms with Crippen molar-refractivity contribution in [3.8, 4) is 11.5 Å². The minimum Gasteiger partial charge on any atom is -0.493 e. The molecule has 0 bridgehead atoms. The van der Waals surface area contributed by atoms with Gasteiger partial charge in [0.05, 0.1) is 29.4 Å². The van der Waals surface area contributed by atoms with Crippen molar-refractivity contribution in [2.24, 2.45) is 0 Å². The van der Waals surface area contributed by atoms with Gasteiger partial charge < -0.3 is 14.8 Å². The summed E-state index contributed by atoms with van der Waals surface area (Å²) in [4.78, 5) is 12.5. The summed E-state index contributed by atoms with van der Waals surface area (Å²) in [6.45, 7) is 1.88. The lowest BCUT2D eigenvalue weighted by atomic mass is 10.1. The molecule has 0 unspecified atom stereocenters. The normalized spacial score (nSPS) is 10.2. The maximum absolute atomic E-state index is 12.5. The number of carbonyl (C=O) groups excluding carboxylic acids is 1. The number of aryl methyl sites for hydroxylation is 1. The molecule has 4 nitrogen and oxygen atoms in total. The van der Waals surface area contributed by atoms with Gasteiger partial charge in [-0.15, -0.1) is 0 Å². The van der Waals surface area contributed by atoms with E-state index in [0.29, 0.717) is 32.2 Å². The first-order valence-electron chi connectivity index (χ1n) is 6.46. The van der Waals surface area contributed by atoms with Gasteiger partial charge in [-0.3, -0.25) is 4.79 Å². The Hall–Kier alpha value is -1.72. The molecule has 0 saturated carbocycles. The smallest absolute Gasteiger partial charge is 0.255 e. The van der Waals surface area contributed by atoms with Gasteiger partial charge in [0.25, 0.3) is 5.91 Å². The molecule has 0 aliphatic heterocycles. The van der Waals surface area contributed by atoms with Crippen LogP contribution in [0.4, 0.5) is 5.69 Å². The highest BCUT2D eigenvalue weighted by molar-refractivity contribution is 9.10. The van der Waals surface area contributed by atoms with Crippen molar-refractivity contribution >= 4 is 39.1 Å². The Morgan fingerprint density at radius 3 is 2.55 bits per heavy atom. The number of carbonyl (C=O) groups is 1. The molecule has 6 heteroatoms. The molecule has 0 atom stereocenters. The first-order valence-corrected chi connectivity index (χ1v) is 7.63. The van der Waals surface area contributed by atoms with Crippen LogP contribution in [-0.4, -0.2) is 20.1 Å². The number of hydrogen-bond acceptors (Lipinski definition) is 3. The minimum absolute atomic E-state index is 0.280. The Morgan fingerprint density at radius 2 is 1.95 bits per heavy atom. The lowest BCUT2D eigenvalue weighted by Crippen LogP contribution is -2.13. The molecule has 2 rings (SSSR count). The molecule has 0 aliphatic rings. The maximum Gasteiger partial charge on any atom is 0.255 e. The van der Waals surface area contributed by atoms with E-state index in [-0.39, 0.29) is 5.91 Å². The number of ether oxygens (including phenoxy) is 2. The Labute approximate surface area is 142 Å². The fourth-order valence-electron chi connectivity index (χ4n) is 2.02. The second-order valence-corrected chi connectivity index (χ2v) is 5.84. The topological polar surface area (TPSA) is 47.6 Å². The Morgan fingerprint density at radius 1 is 1.23 bits per heavy atom. The molecule has 0 aromatic heterocycles. The summed E-state index contributed by atoms with van der Waals surface area (Å²) in [5, 5.41) is 3.32. The van der Waals surface area contributed by atoms with Crippen LogP contribution in [0.25, 0.3) is 0 Å². The number of benzene rings is 2. The van der Waals surface area contributed by atoms with Gasteiger partial charge >= 0.3 is 0 Å². The van der Waals surface area contributed by atoms with Crippen LogP contribution in [-0.2, 0) is 0 Å². The zero-order valence-electron chi connectivity index (χ0n) is 12.4. The largest absolute Gasteiger partial charge is 0.493 e. The zero-order valence-corrected chi connectivity index (χ0v) is 14.7. The Kier molecular flexibility index (Phi) is 5.32. The van der Waals surface area contributed by atoms with Crippen LogP contribution in [0, 0.1) is 6.92 Å². The second-order valence-electron chi connectivity index (χ2n) is 4.58. The number of methoxy groups -OCH3 is 2. The van der Waals surface area contributed by atoms with Crippen molar-refractivity contribution in [2.75, 3.05) is 19.5 Å². The van der Waals surface area contributed by atoms with E-state index in [1.165, 1.54) is 14.2 Å². The highest BCUT2D eigenvalue weighted by atomic mass is 79.9. The van der Waals surface area contributed by atoms with Crippen LogP contribution < -0.4 is 14.8 Å². The molecule has 116 valence electrons. The molecule has 0 aliphatic carbocycles. The second kappa shape index (κ2) is 7.03. The summed E-state index contributed by atoms with van der Waals surface area (Å²) in [5.41, 5.74) is 1.92. The molecule has 1 N–H and O–H groups in total. The van der Waals surface area contributed by atoms with Crippen molar-refractivity contribution in [1.29, 1.82) is 0 Å². The quantitative estimate of drug-likeness (QED) is 0.832. The maximum atomic E-state index is 12.5. The van der Waals surface area contributed by atoms with Gasteiger partial charge in [-0.05, 0) is 46.6 Å². The van der Waals surface area contributed by atoms with Gasteiger partial charge in [-0.25, -0.2) is 0 Å². The average molecular weight is 385 g/mol. The van der Waals surface area contributed by atoms with E-state index in [0.717, 1.165) is 5.56 Å². The molecule has 1 amide bonds. The number of anilines is 1. The van der Waals surface area contributed by atoms with E-state index < -0.39 is 0 Å². The summed E-state index contributed by atoms with van der Waals surface area (Å²) < 4.78 is 11.1. The third-order valence-corrected chi connectivity index (χ3v) is 4.06. The first-order chi connectivity index (χ1) is 10.5. The molecular formula is C16H15BrClNO3. The van der Waals surface area contributed by atoms with Crippen molar-refractivity contribution < 1.29 is 14.3 Å². The van der Waals surface area contributed by atoms with E-state index in [4.69, 9.17) is 21.1 Å². The fourth-order valence-corrected chi connectivity index (χ4v) is 2.90. The van der Waals surface area contributed by atoms with Gasteiger partial charge in [0.1, 0.15) is 0 Å². The van der Waals surface area contributed by atoms with E-state index in [2.05, 4.69) is 21.2 Å². The Balaban J connectivity index is 2.36. The predicted octanol–water partition coefficient (Wildman–Crippen LogP) is 4.68. The zero-order chi connectivity index (χ0) is 16.3. The average Bonchev–Trinajstić information content (AvgIpc) is 2.49. The standard InChI is InChI=1S/C16H15BrClNO3/c1-9-5-4-6-12(18)14(9)19-16(20)10-7-11(17)15(22-3)13(8-10)21-2/h4-8H,1-3H3,(H,19,20). The summed E-state index contributed by atoms with van der Waals surface area (Å²) in [6, 6.07) is 8.73. The van der Waals surface area contributed by atoms with Gasteiger partial charge in [0.2, 0.25) is 0 Å². The SMILES string of the molecule is COc1cc(C(=O)Nc2c(C)cccc2Cl)cc(Br)c1OC. The third-order valence-electron chi connectivity index (χ3n) is 3.16. The van der Waals surface area contributed by atoms with E-state index in [1.54, 1.807) is 18.2 Å². The molecule has 2 aromatic carbocycles. The monoisotopic (exact) mass is 383 g/mol. The highest BCUT2D eigenvalue weighted by Gasteiger charge is 2.16. The first kappa shape index (κ1) is 16.6. The van der Waals surface area contributed by atoms with Crippen LogP contribution in [0.3, 0.4) is 0 Å². The van der Waals surface area contributed by atoms with Gasteiger partial charge in [0.15, 0.2) is 11.5 Å². The minimum atomic E-state index is -0.280. The molecule has 22 heavy (non-hydrogen) atoms. The fraction of sp³-hybridized carbons (Fsp3) is 0.188. The van der Waals surface area contributed by atoms with Crippen LogP contribution in [0.5, 0.6) is 11.5 Å². The van der Waals surface area contributed by atoms with E-state index in [1.807, 2.05) is 19.1 Å². The van der Waals surface area contributed by atoms with E-state index >= 15 is 0 Å². The van der Waals surface area contributed by atoms with Crippen LogP contribution in [0.2, 0.25) is 5.02 Å². The number of hydrogen-bond donors (Lipinski definition) is 1. The number of rotatable bonds is 4. The summed E-state index contributed by atoms with van der Waals surface area (Å²) >= 11 is 9.50.